The van der Waals surface area contributed by atoms with Gasteiger partial charge in [-0.1, -0.05) is 0 Å². The summed E-state index contributed by atoms with van der Waals surface area (Å²) in [7, 11) is 4.14. The Balaban J connectivity index is 1.55. The van der Waals surface area contributed by atoms with Crippen molar-refractivity contribution in [1.29, 1.82) is 0 Å². The third kappa shape index (κ3) is 3.66. The molecule has 2 aliphatic rings. The normalized spacial score (nSPS) is 16.5. The summed E-state index contributed by atoms with van der Waals surface area (Å²) in [5.41, 5.74) is 3.56. The first-order valence-corrected chi connectivity index (χ1v) is 9.32. The first kappa shape index (κ1) is 17.2. The maximum absolute atomic E-state index is 5.89. The van der Waals surface area contributed by atoms with Gasteiger partial charge in [-0.15, -0.1) is 0 Å². The summed E-state index contributed by atoms with van der Waals surface area (Å²) in [5, 5.41) is 3.41. The van der Waals surface area contributed by atoms with Crippen LogP contribution in [-0.4, -0.2) is 64.8 Å². The number of rotatable bonds is 6. The highest BCUT2D eigenvalue weighted by molar-refractivity contribution is 5.51. The Labute approximate surface area is 154 Å². The lowest BCUT2D eigenvalue weighted by molar-refractivity contribution is 0.262. The van der Waals surface area contributed by atoms with Gasteiger partial charge in [0.05, 0.1) is 30.9 Å². The molecule has 0 aliphatic carbocycles. The molecule has 4 rings (SSSR count). The van der Waals surface area contributed by atoms with Gasteiger partial charge in [0.15, 0.2) is 0 Å². The zero-order valence-electron chi connectivity index (χ0n) is 15.6. The van der Waals surface area contributed by atoms with Gasteiger partial charge in [0.1, 0.15) is 5.82 Å². The smallest absolute Gasteiger partial charge is 0.318 e. The minimum Gasteiger partial charge on any atom is -0.463 e. The summed E-state index contributed by atoms with van der Waals surface area (Å²) in [6.45, 7) is 6.08. The van der Waals surface area contributed by atoms with Gasteiger partial charge in [0.2, 0.25) is 0 Å². The van der Waals surface area contributed by atoms with Gasteiger partial charge in [-0.2, -0.15) is 9.97 Å². The first-order valence-electron chi connectivity index (χ1n) is 9.32. The molecule has 0 saturated heterocycles. The molecule has 0 amide bonds. The highest BCUT2D eigenvalue weighted by Crippen LogP contribution is 2.28. The van der Waals surface area contributed by atoms with Crippen molar-refractivity contribution in [1.82, 2.24) is 29.7 Å². The van der Waals surface area contributed by atoms with E-state index < -0.39 is 0 Å². The fourth-order valence-electron chi connectivity index (χ4n) is 3.55. The zero-order chi connectivity index (χ0) is 17.9. The topological polar surface area (TPSA) is 71.3 Å². The van der Waals surface area contributed by atoms with Crippen molar-refractivity contribution in [2.45, 2.75) is 32.5 Å². The van der Waals surface area contributed by atoms with E-state index >= 15 is 0 Å². The van der Waals surface area contributed by atoms with Crippen LogP contribution in [0.1, 0.15) is 23.4 Å². The Morgan fingerprint density at radius 1 is 1.27 bits per heavy atom. The molecule has 0 atom stereocenters. The van der Waals surface area contributed by atoms with E-state index in [1.54, 1.807) is 0 Å². The minimum atomic E-state index is 0.500. The Hall–Kier alpha value is -2.19. The monoisotopic (exact) mass is 357 g/mol. The van der Waals surface area contributed by atoms with Crippen molar-refractivity contribution in [3.63, 3.8) is 0 Å². The molecule has 4 heterocycles. The van der Waals surface area contributed by atoms with Crippen LogP contribution in [0.3, 0.4) is 0 Å². The van der Waals surface area contributed by atoms with Crippen LogP contribution in [-0.2, 0) is 26.1 Å². The van der Waals surface area contributed by atoms with Crippen molar-refractivity contribution in [2.75, 3.05) is 45.2 Å². The van der Waals surface area contributed by atoms with Crippen LogP contribution >= 0.6 is 0 Å². The van der Waals surface area contributed by atoms with E-state index in [4.69, 9.17) is 9.72 Å². The van der Waals surface area contributed by atoms with E-state index in [1.165, 1.54) is 11.3 Å². The molecular formula is C18H27N7O. The number of hydrogen-bond acceptors (Lipinski definition) is 7. The number of aromatic nitrogens is 4. The second-order valence-electron chi connectivity index (χ2n) is 7.19. The molecule has 8 nitrogen and oxygen atoms in total. The molecule has 0 aromatic carbocycles. The Morgan fingerprint density at radius 2 is 2.19 bits per heavy atom. The van der Waals surface area contributed by atoms with Crippen molar-refractivity contribution in [3.05, 3.63) is 29.5 Å². The lowest BCUT2D eigenvalue weighted by Gasteiger charge is -2.32. The Bertz CT molecular complexity index is 758. The summed E-state index contributed by atoms with van der Waals surface area (Å²) in [6, 6.07) is 0.500. The maximum Gasteiger partial charge on any atom is 0.318 e. The SMILES string of the molecule is CN(C)CCCOc1nc2c(c(N3CCn4cncc4C3)n1)CCNC2. The lowest BCUT2D eigenvalue weighted by atomic mass is 10.1. The molecule has 0 unspecified atom stereocenters. The third-order valence-corrected chi connectivity index (χ3v) is 4.94. The maximum atomic E-state index is 5.89. The highest BCUT2D eigenvalue weighted by Gasteiger charge is 2.25. The first-order chi connectivity index (χ1) is 12.7. The van der Waals surface area contributed by atoms with Crippen molar-refractivity contribution in [3.8, 4) is 6.01 Å². The van der Waals surface area contributed by atoms with Gasteiger partial charge in [-0.25, -0.2) is 4.98 Å². The predicted octanol–water partition coefficient (Wildman–Crippen LogP) is 0.670. The van der Waals surface area contributed by atoms with Crippen LogP contribution in [0.15, 0.2) is 12.5 Å². The number of nitrogens with one attached hydrogen (secondary N) is 1. The van der Waals surface area contributed by atoms with Crippen LogP contribution in [0.25, 0.3) is 0 Å². The molecule has 2 aromatic heterocycles. The van der Waals surface area contributed by atoms with Gasteiger partial charge in [-0.3, -0.25) is 0 Å². The van der Waals surface area contributed by atoms with Gasteiger partial charge in [0.25, 0.3) is 0 Å². The van der Waals surface area contributed by atoms with Crippen LogP contribution in [0.5, 0.6) is 6.01 Å². The van der Waals surface area contributed by atoms with Crippen LogP contribution in [0.4, 0.5) is 5.82 Å². The quantitative estimate of drug-likeness (QED) is 0.762. The number of nitrogens with zero attached hydrogens (tertiary/aromatic N) is 6. The van der Waals surface area contributed by atoms with Crippen molar-refractivity contribution >= 4 is 5.82 Å². The van der Waals surface area contributed by atoms with E-state index in [2.05, 4.69) is 43.7 Å². The van der Waals surface area contributed by atoms with Gasteiger partial charge in [-0.05, 0) is 33.5 Å². The summed E-state index contributed by atoms with van der Waals surface area (Å²) in [5.74, 6) is 1.03. The fourth-order valence-corrected chi connectivity index (χ4v) is 3.55. The molecule has 1 N–H and O–H groups in total. The van der Waals surface area contributed by atoms with E-state index in [-0.39, 0.29) is 0 Å². The number of anilines is 1. The van der Waals surface area contributed by atoms with E-state index in [1.807, 2.05) is 12.5 Å². The largest absolute Gasteiger partial charge is 0.463 e. The molecule has 0 bridgehead atoms. The van der Waals surface area contributed by atoms with Gasteiger partial charge >= 0.3 is 6.01 Å². The molecule has 8 heteroatoms. The Morgan fingerprint density at radius 3 is 3.08 bits per heavy atom. The number of hydrogen-bond donors (Lipinski definition) is 1. The average Bonchev–Trinajstić information content (AvgIpc) is 3.12. The highest BCUT2D eigenvalue weighted by atomic mass is 16.5. The molecule has 2 aliphatic heterocycles. The molecule has 140 valence electrons. The lowest BCUT2D eigenvalue weighted by Crippen LogP contribution is -2.36. The summed E-state index contributed by atoms with van der Waals surface area (Å²) < 4.78 is 8.10. The van der Waals surface area contributed by atoms with Crippen LogP contribution in [0, 0.1) is 0 Å². The van der Waals surface area contributed by atoms with Crippen LogP contribution in [0.2, 0.25) is 0 Å². The van der Waals surface area contributed by atoms with E-state index in [9.17, 15) is 0 Å². The Kier molecular flexibility index (Phi) is 5.03. The second kappa shape index (κ2) is 7.59. The van der Waals surface area contributed by atoms with E-state index in [0.29, 0.717) is 12.6 Å². The number of ether oxygens (including phenoxy) is 1. The molecule has 0 fully saturated rings. The molecule has 0 radical (unpaired) electrons. The fraction of sp³-hybridized carbons (Fsp3) is 0.611. The molecule has 2 aromatic rings. The number of fused-ring (bicyclic) bond motifs is 2. The third-order valence-electron chi connectivity index (χ3n) is 4.94. The molecule has 26 heavy (non-hydrogen) atoms. The van der Waals surface area contributed by atoms with Gasteiger partial charge in [0, 0.05) is 37.9 Å². The molecule has 0 saturated carbocycles. The minimum absolute atomic E-state index is 0.500. The van der Waals surface area contributed by atoms with Crippen LogP contribution < -0.4 is 15.0 Å². The molecule has 0 spiro atoms. The van der Waals surface area contributed by atoms with Gasteiger partial charge < -0.3 is 24.4 Å². The zero-order valence-corrected chi connectivity index (χ0v) is 15.6. The standard InChI is InChI=1S/C18H27N7O/c1-23(2)6-3-9-26-18-21-16-11-19-5-4-15(16)17(22-18)24-7-8-25-13-20-10-14(25)12-24/h10,13,19H,3-9,11-12H2,1-2H3. The second-order valence-corrected chi connectivity index (χ2v) is 7.19. The average molecular weight is 357 g/mol. The van der Waals surface area contributed by atoms with E-state index in [0.717, 1.165) is 63.6 Å². The number of imidazole rings is 1. The van der Waals surface area contributed by atoms with Crippen molar-refractivity contribution < 1.29 is 4.74 Å². The summed E-state index contributed by atoms with van der Waals surface area (Å²) in [6.07, 6.45) is 5.77. The summed E-state index contributed by atoms with van der Waals surface area (Å²) in [4.78, 5) is 18.2. The molecular weight excluding hydrogens is 330 g/mol. The summed E-state index contributed by atoms with van der Waals surface area (Å²) >= 11 is 0. The van der Waals surface area contributed by atoms with Crippen molar-refractivity contribution in [2.24, 2.45) is 0 Å². The predicted molar refractivity (Wildman–Crippen MR) is 99.4 cm³/mol.